The molecule has 0 bridgehead atoms. The highest BCUT2D eigenvalue weighted by atomic mass is 14.7. The maximum Gasteiger partial charge on any atom is 0.0657 e. The first-order valence-electron chi connectivity index (χ1n) is 5.35. The van der Waals surface area contributed by atoms with E-state index in [1.807, 2.05) is 6.21 Å². The van der Waals surface area contributed by atoms with Crippen LogP contribution in [0.4, 0.5) is 0 Å². The van der Waals surface area contributed by atoms with E-state index in [9.17, 15) is 0 Å². The van der Waals surface area contributed by atoms with E-state index in [1.54, 1.807) is 0 Å². The normalized spacial score (nSPS) is 20.9. The van der Waals surface area contributed by atoms with Crippen LogP contribution in [0.1, 0.15) is 40.0 Å². The summed E-state index contributed by atoms with van der Waals surface area (Å²) in [5.41, 5.74) is 3.89. The zero-order valence-electron chi connectivity index (χ0n) is 9.38. The predicted octanol–water partition coefficient (Wildman–Crippen LogP) is 4.04. The molecule has 0 N–H and O–H groups in total. The zero-order valence-corrected chi connectivity index (χ0v) is 9.38. The minimum atomic E-state index is 1.04. The van der Waals surface area contributed by atoms with Crippen LogP contribution in [-0.4, -0.2) is 6.21 Å². The molecule has 0 spiro atoms. The maximum absolute atomic E-state index is 4.49. The Balaban J connectivity index is 3.09. The Bertz CT molecular complexity index is 303. The number of hydrogen-bond acceptors (Lipinski definition) is 1. The van der Waals surface area contributed by atoms with Gasteiger partial charge in [-0.1, -0.05) is 30.7 Å². The first-order chi connectivity index (χ1) is 6.79. The predicted molar refractivity (Wildman–Crippen MR) is 63.6 cm³/mol. The van der Waals surface area contributed by atoms with Gasteiger partial charge in [-0.2, -0.15) is 0 Å². The van der Waals surface area contributed by atoms with Gasteiger partial charge in [-0.25, -0.2) is 0 Å². The van der Waals surface area contributed by atoms with Crippen molar-refractivity contribution >= 4 is 6.21 Å². The van der Waals surface area contributed by atoms with Crippen LogP contribution in [0.25, 0.3) is 0 Å². The summed E-state index contributed by atoms with van der Waals surface area (Å²) in [5, 5.41) is 0. The molecule has 1 aliphatic rings. The lowest BCUT2D eigenvalue weighted by atomic mass is 10.0. The molecular weight excluding hydrogens is 170 g/mol. The average Bonchev–Trinajstić information content (AvgIpc) is 2.33. The molecule has 0 atom stereocenters. The van der Waals surface area contributed by atoms with Gasteiger partial charge < -0.3 is 0 Å². The summed E-state index contributed by atoms with van der Waals surface area (Å²) in [6, 6.07) is 0. The van der Waals surface area contributed by atoms with Crippen LogP contribution in [0.2, 0.25) is 0 Å². The lowest BCUT2D eigenvalue weighted by Gasteiger charge is -2.05. The van der Waals surface area contributed by atoms with Crippen LogP contribution >= 0.6 is 0 Å². The van der Waals surface area contributed by atoms with Crippen molar-refractivity contribution in [1.82, 2.24) is 0 Å². The van der Waals surface area contributed by atoms with Crippen molar-refractivity contribution in [2.45, 2.75) is 40.0 Å². The molecule has 0 aromatic rings. The number of aliphatic imine (C=N–C) groups is 1. The van der Waals surface area contributed by atoms with Crippen LogP contribution in [-0.2, 0) is 0 Å². The monoisotopic (exact) mass is 189 g/mol. The highest BCUT2D eigenvalue weighted by Gasteiger charge is 2.06. The van der Waals surface area contributed by atoms with E-state index in [0.29, 0.717) is 0 Å². The van der Waals surface area contributed by atoms with E-state index >= 15 is 0 Å². The molecular formula is C13H19N. The van der Waals surface area contributed by atoms with E-state index in [2.05, 4.69) is 44.0 Å². The van der Waals surface area contributed by atoms with E-state index in [-0.39, 0.29) is 0 Å². The molecule has 0 aromatic heterocycles. The Morgan fingerprint density at radius 1 is 1.50 bits per heavy atom. The topological polar surface area (TPSA) is 12.4 Å². The fraction of sp³-hybridized carbons (Fsp3) is 0.462. The van der Waals surface area contributed by atoms with Crippen molar-refractivity contribution < 1.29 is 0 Å². The SMILES string of the molecule is C/C=C\C1=C(C)CCC=N/C1=C/CC. The van der Waals surface area contributed by atoms with Crippen molar-refractivity contribution in [1.29, 1.82) is 0 Å². The fourth-order valence-corrected chi connectivity index (χ4v) is 1.62. The largest absolute Gasteiger partial charge is 0.261 e. The fourth-order valence-electron chi connectivity index (χ4n) is 1.62. The summed E-state index contributed by atoms with van der Waals surface area (Å²) in [7, 11) is 0. The Morgan fingerprint density at radius 2 is 2.29 bits per heavy atom. The van der Waals surface area contributed by atoms with Crippen molar-refractivity contribution in [3.05, 3.63) is 35.1 Å². The minimum absolute atomic E-state index is 1.04. The number of nitrogens with zero attached hydrogens (tertiary/aromatic N) is 1. The van der Waals surface area contributed by atoms with Crippen LogP contribution in [0.3, 0.4) is 0 Å². The van der Waals surface area contributed by atoms with Gasteiger partial charge >= 0.3 is 0 Å². The molecule has 0 aromatic carbocycles. The molecule has 0 saturated carbocycles. The number of allylic oxidation sites excluding steroid dienone is 4. The first-order valence-corrected chi connectivity index (χ1v) is 5.35. The smallest absolute Gasteiger partial charge is 0.0657 e. The van der Waals surface area contributed by atoms with Gasteiger partial charge in [0, 0.05) is 6.21 Å². The molecule has 0 fully saturated rings. The minimum Gasteiger partial charge on any atom is -0.261 e. The zero-order chi connectivity index (χ0) is 10.4. The van der Waals surface area contributed by atoms with Gasteiger partial charge in [0.1, 0.15) is 0 Å². The standard InChI is InChI=1S/C13H19N/c1-4-7-12-11(3)9-6-10-14-13(12)8-5-2/h4,7-8,10H,5-6,9H2,1-3H3/b7-4-,13-8+. The molecule has 1 aliphatic heterocycles. The molecule has 0 saturated heterocycles. The Kier molecular flexibility index (Phi) is 4.37. The van der Waals surface area contributed by atoms with Gasteiger partial charge in [0.05, 0.1) is 5.70 Å². The van der Waals surface area contributed by atoms with Gasteiger partial charge in [0.15, 0.2) is 0 Å². The van der Waals surface area contributed by atoms with Gasteiger partial charge in [-0.05, 0) is 38.7 Å². The second-order valence-electron chi connectivity index (χ2n) is 3.54. The second-order valence-corrected chi connectivity index (χ2v) is 3.54. The lowest BCUT2D eigenvalue weighted by molar-refractivity contribution is 1.02. The summed E-state index contributed by atoms with van der Waals surface area (Å²) in [4.78, 5) is 4.49. The molecule has 1 heterocycles. The van der Waals surface area contributed by atoms with Gasteiger partial charge in [0.2, 0.25) is 0 Å². The third kappa shape index (κ3) is 2.69. The van der Waals surface area contributed by atoms with Crippen molar-refractivity contribution in [3.63, 3.8) is 0 Å². The molecule has 0 unspecified atom stereocenters. The van der Waals surface area contributed by atoms with Gasteiger partial charge in [0.25, 0.3) is 0 Å². The Labute approximate surface area is 86.9 Å². The molecule has 0 radical (unpaired) electrons. The number of hydrogen-bond donors (Lipinski definition) is 0. The Hall–Kier alpha value is -1.11. The third-order valence-electron chi connectivity index (χ3n) is 2.35. The molecule has 1 nitrogen and oxygen atoms in total. The van der Waals surface area contributed by atoms with Gasteiger partial charge in [-0.15, -0.1) is 0 Å². The highest BCUT2D eigenvalue weighted by Crippen LogP contribution is 2.23. The second kappa shape index (κ2) is 5.58. The maximum atomic E-state index is 4.49. The van der Waals surface area contributed by atoms with Crippen molar-refractivity contribution in [3.8, 4) is 0 Å². The Morgan fingerprint density at radius 3 is 2.93 bits per heavy atom. The van der Waals surface area contributed by atoms with Crippen LogP contribution in [0.15, 0.2) is 40.1 Å². The van der Waals surface area contributed by atoms with Crippen LogP contribution < -0.4 is 0 Å². The van der Waals surface area contributed by atoms with E-state index in [0.717, 1.165) is 25.0 Å². The molecule has 76 valence electrons. The summed E-state index contributed by atoms with van der Waals surface area (Å²) in [5.74, 6) is 0. The van der Waals surface area contributed by atoms with E-state index in [4.69, 9.17) is 0 Å². The summed E-state index contributed by atoms with van der Waals surface area (Å²) in [6.07, 6.45) is 11.7. The van der Waals surface area contributed by atoms with Crippen molar-refractivity contribution in [2.75, 3.05) is 0 Å². The average molecular weight is 189 g/mol. The molecule has 0 aliphatic carbocycles. The molecule has 14 heavy (non-hydrogen) atoms. The molecule has 0 amide bonds. The first kappa shape index (κ1) is 11.0. The molecule has 1 heteroatoms. The quantitative estimate of drug-likeness (QED) is 0.621. The van der Waals surface area contributed by atoms with E-state index in [1.165, 1.54) is 11.1 Å². The van der Waals surface area contributed by atoms with E-state index < -0.39 is 0 Å². The summed E-state index contributed by atoms with van der Waals surface area (Å²) >= 11 is 0. The van der Waals surface area contributed by atoms with Crippen molar-refractivity contribution in [2.24, 2.45) is 4.99 Å². The number of rotatable bonds is 2. The lowest BCUT2D eigenvalue weighted by Crippen LogP contribution is -1.87. The molecule has 1 rings (SSSR count). The van der Waals surface area contributed by atoms with Crippen LogP contribution in [0, 0.1) is 0 Å². The van der Waals surface area contributed by atoms with Gasteiger partial charge in [-0.3, -0.25) is 4.99 Å². The highest BCUT2D eigenvalue weighted by molar-refractivity contribution is 5.64. The summed E-state index contributed by atoms with van der Waals surface area (Å²) in [6.45, 7) is 6.40. The third-order valence-corrected chi connectivity index (χ3v) is 2.35. The van der Waals surface area contributed by atoms with Crippen LogP contribution in [0.5, 0.6) is 0 Å². The summed E-state index contributed by atoms with van der Waals surface area (Å²) < 4.78 is 0.